The van der Waals surface area contributed by atoms with Gasteiger partial charge < -0.3 is 9.64 Å². The van der Waals surface area contributed by atoms with Gasteiger partial charge in [-0.1, -0.05) is 29.3 Å². The second-order valence-electron chi connectivity index (χ2n) is 4.86. The van der Waals surface area contributed by atoms with Crippen LogP contribution in [0.2, 0.25) is 0 Å². The van der Waals surface area contributed by atoms with E-state index in [-0.39, 0.29) is 0 Å². The molecule has 1 aromatic rings. The molecule has 0 aromatic carbocycles. The van der Waals surface area contributed by atoms with Crippen molar-refractivity contribution >= 4 is 21.7 Å². The van der Waals surface area contributed by atoms with Crippen molar-refractivity contribution in [2.45, 2.75) is 38.7 Å². The van der Waals surface area contributed by atoms with Gasteiger partial charge in [0.25, 0.3) is 0 Å². The summed E-state index contributed by atoms with van der Waals surface area (Å²) in [6.07, 6.45) is 6.42. The van der Waals surface area contributed by atoms with E-state index >= 15 is 0 Å². The van der Waals surface area contributed by atoms with Crippen LogP contribution in [0.4, 0.5) is 5.82 Å². The Kier molecular flexibility index (Phi) is 6.04. The maximum Gasteiger partial charge on any atom is 0.132 e. The molecule has 5 heteroatoms. The summed E-state index contributed by atoms with van der Waals surface area (Å²) in [4.78, 5) is 11.1. The van der Waals surface area contributed by atoms with Crippen molar-refractivity contribution in [1.29, 1.82) is 0 Å². The lowest BCUT2D eigenvalue weighted by Crippen LogP contribution is -2.37. The molecule has 1 aromatic heterocycles. The first-order valence-corrected chi connectivity index (χ1v) is 8.19. The largest absolute Gasteiger partial charge is 0.377 e. The summed E-state index contributed by atoms with van der Waals surface area (Å²) in [6.45, 7) is 5.03. The van der Waals surface area contributed by atoms with E-state index < -0.39 is 0 Å². The van der Waals surface area contributed by atoms with E-state index in [9.17, 15) is 0 Å². The normalized spacial score (nSPS) is 16.8. The Labute approximate surface area is 123 Å². The highest BCUT2D eigenvalue weighted by atomic mass is 79.9. The van der Waals surface area contributed by atoms with E-state index in [4.69, 9.17) is 4.74 Å². The average molecular weight is 328 g/mol. The Bertz CT molecular complexity index is 381. The molecule has 19 heavy (non-hydrogen) atoms. The number of halogens is 1. The number of aryl methyl sites for hydroxylation is 1. The quantitative estimate of drug-likeness (QED) is 0.753. The zero-order valence-corrected chi connectivity index (χ0v) is 13.1. The van der Waals surface area contributed by atoms with Crippen molar-refractivity contribution in [1.82, 2.24) is 9.97 Å². The van der Waals surface area contributed by atoms with Crippen molar-refractivity contribution < 1.29 is 4.74 Å². The Morgan fingerprint density at radius 2 is 2.16 bits per heavy atom. The predicted molar refractivity (Wildman–Crippen MR) is 81.0 cm³/mol. The van der Waals surface area contributed by atoms with Gasteiger partial charge in [-0.05, 0) is 19.3 Å². The highest BCUT2D eigenvalue weighted by Gasteiger charge is 2.20. The molecule has 0 radical (unpaired) electrons. The van der Waals surface area contributed by atoms with Crippen LogP contribution < -0.4 is 4.90 Å². The molecule has 0 amide bonds. The van der Waals surface area contributed by atoms with Crippen LogP contribution in [0.15, 0.2) is 12.4 Å². The van der Waals surface area contributed by atoms with Crippen molar-refractivity contribution in [3.05, 3.63) is 18.1 Å². The molecule has 106 valence electrons. The van der Waals surface area contributed by atoms with Crippen LogP contribution in [0, 0.1) is 0 Å². The number of hydrogen-bond acceptors (Lipinski definition) is 4. The molecule has 0 bridgehead atoms. The van der Waals surface area contributed by atoms with Crippen LogP contribution >= 0.6 is 15.9 Å². The molecular formula is C14H22BrN3O. The van der Waals surface area contributed by atoms with Gasteiger partial charge in [0.1, 0.15) is 12.1 Å². The summed E-state index contributed by atoms with van der Waals surface area (Å²) < 4.78 is 5.77. The van der Waals surface area contributed by atoms with Gasteiger partial charge in [-0.15, -0.1) is 0 Å². The van der Waals surface area contributed by atoms with E-state index in [0.29, 0.717) is 6.10 Å². The fourth-order valence-electron chi connectivity index (χ4n) is 2.41. The number of nitrogens with zero attached hydrogens (tertiary/aromatic N) is 3. The fourth-order valence-corrected chi connectivity index (χ4v) is 2.60. The molecule has 1 aliphatic rings. The lowest BCUT2D eigenvalue weighted by atomic mass is 10.1. The minimum atomic E-state index is 0.408. The van der Waals surface area contributed by atoms with Gasteiger partial charge in [0, 0.05) is 30.2 Å². The smallest absolute Gasteiger partial charge is 0.132 e. The first-order chi connectivity index (χ1) is 9.33. The molecule has 0 unspecified atom stereocenters. The molecule has 2 heterocycles. The summed E-state index contributed by atoms with van der Waals surface area (Å²) in [5, 5.41) is 0.916. The van der Waals surface area contributed by atoms with E-state index in [0.717, 1.165) is 62.2 Å². The highest BCUT2D eigenvalue weighted by Crippen LogP contribution is 2.20. The van der Waals surface area contributed by atoms with Crippen LogP contribution in [0.1, 0.15) is 31.9 Å². The average Bonchev–Trinajstić information content (AvgIpc) is 2.46. The summed E-state index contributed by atoms with van der Waals surface area (Å²) in [5.41, 5.74) is 1.14. The van der Waals surface area contributed by atoms with Crippen LogP contribution in [0.3, 0.4) is 0 Å². The van der Waals surface area contributed by atoms with Gasteiger partial charge in [0.05, 0.1) is 12.7 Å². The zero-order valence-electron chi connectivity index (χ0n) is 11.5. The fraction of sp³-hybridized carbons (Fsp3) is 0.714. The number of ether oxygens (including phenoxy) is 1. The Balaban J connectivity index is 1.88. The number of rotatable bonds is 6. The molecule has 0 atom stereocenters. The standard InChI is InChI=1S/C14H22BrN3O/c1-2-3-12-10-14(17-11-16-12)18-7-4-13(5-8-18)19-9-6-15/h10-11,13H,2-9H2,1H3. The Morgan fingerprint density at radius 1 is 1.37 bits per heavy atom. The molecule has 0 N–H and O–H groups in total. The molecule has 0 spiro atoms. The summed E-state index contributed by atoms with van der Waals surface area (Å²) in [5.74, 6) is 1.07. The van der Waals surface area contributed by atoms with Crippen LogP contribution in [-0.2, 0) is 11.2 Å². The number of aromatic nitrogens is 2. The van der Waals surface area contributed by atoms with E-state index in [1.54, 1.807) is 6.33 Å². The minimum absolute atomic E-state index is 0.408. The van der Waals surface area contributed by atoms with Gasteiger partial charge in [-0.2, -0.15) is 0 Å². The van der Waals surface area contributed by atoms with Crippen LogP contribution in [0.25, 0.3) is 0 Å². The second kappa shape index (κ2) is 7.80. The monoisotopic (exact) mass is 327 g/mol. The van der Waals surface area contributed by atoms with Gasteiger partial charge in [-0.3, -0.25) is 0 Å². The molecule has 1 aliphatic heterocycles. The third kappa shape index (κ3) is 4.42. The maximum atomic E-state index is 5.77. The van der Waals surface area contributed by atoms with Crippen molar-refractivity contribution in [3.63, 3.8) is 0 Å². The topological polar surface area (TPSA) is 38.2 Å². The van der Waals surface area contributed by atoms with Crippen molar-refractivity contribution in [2.24, 2.45) is 0 Å². The molecular weight excluding hydrogens is 306 g/mol. The van der Waals surface area contributed by atoms with Gasteiger partial charge in [0.2, 0.25) is 0 Å². The number of piperidine rings is 1. The minimum Gasteiger partial charge on any atom is -0.377 e. The number of alkyl halides is 1. The van der Waals surface area contributed by atoms with E-state index in [1.807, 2.05) is 0 Å². The van der Waals surface area contributed by atoms with E-state index in [2.05, 4.69) is 43.8 Å². The molecule has 4 nitrogen and oxygen atoms in total. The molecule has 1 fully saturated rings. The third-order valence-electron chi connectivity index (χ3n) is 3.41. The summed E-state index contributed by atoms with van der Waals surface area (Å²) in [7, 11) is 0. The maximum absolute atomic E-state index is 5.77. The number of anilines is 1. The second-order valence-corrected chi connectivity index (χ2v) is 5.66. The first-order valence-electron chi connectivity index (χ1n) is 7.07. The molecule has 1 saturated heterocycles. The number of hydrogen-bond donors (Lipinski definition) is 0. The Morgan fingerprint density at radius 3 is 2.84 bits per heavy atom. The first kappa shape index (κ1) is 14.7. The zero-order chi connectivity index (χ0) is 13.5. The molecule has 0 saturated carbocycles. The van der Waals surface area contributed by atoms with Gasteiger partial charge >= 0.3 is 0 Å². The van der Waals surface area contributed by atoms with Crippen molar-refractivity contribution in [2.75, 3.05) is 29.9 Å². The van der Waals surface area contributed by atoms with Crippen molar-refractivity contribution in [3.8, 4) is 0 Å². The molecule has 0 aliphatic carbocycles. The summed E-state index contributed by atoms with van der Waals surface area (Å²) in [6, 6.07) is 2.13. The van der Waals surface area contributed by atoms with Gasteiger partial charge in [-0.25, -0.2) is 9.97 Å². The van der Waals surface area contributed by atoms with E-state index in [1.165, 1.54) is 0 Å². The van der Waals surface area contributed by atoms with Crippen LogP contribution in [0.5, 0.6) is 0 Å². The highest BCUT2D eigenvalue weighted by molar-refractivity contribution is 9.09. The lowest BCUT2D eigenvalue weighted by molar-refractivity contribution is 0.0480. The Hall–Kier alpha value is -0.680. The predicted octanol–water partition coefficient (Wildman–Crippen LogP) is 2.81. The van der Waals surface area contributed by atoms with Crippen LogP contribution in [-0.4, -0.2) is 41.1 Å². The molecule has 2 rings (SSSR count). The summed E-state index contributed by atoms with van der Waals surface area (Å²) >= 11 is 3.40. The van der Waals surface area contributed by atoms with Gasteiger partial charge in [0.15, 0.2) is 0 Å². The SMILES string of the molecule is CCCc1cc(N2CCC(OCCBr)CC2)ncn1. The third-order valence-corrected chi connectivity index (χ3v) is 3.74. The lowest BCUT2D eigenvalue weighted by Gasteiger charge is -2.32.